The summed E-state index contributed by atoms with van der Waals surface area (Å²) in [4.78, 5) is 28.0. The number of hydrogen-bond donors (Lipinski definition) is 1. The van der Waals surface area contributed by atoms with Crippen LogP contribution >= 0.6 is 0 Å². The maximum atomic E-state index is 13.3. The molecule has 1 N–H and O–H groups in total. The molecule has 1 amide bonds. The fourth-order valence-electron chi connectivity index (χ4n) is 4.28. The minimum Gasteiger partial charge on any atom is -0.507 e. The molecule has 4 rings (SSSR count). The topological polar surface area (TPSA) is 94.5 Å². The Morgan fingerprint density at radius 2 is 1.50 bits per heavy atom. The third-order valence-electron chi connectivity index (χ3n) is 6.12. The highest BCUT2D eigenvalue weighted by Gasteiger charge is 2.46. The number of amides is 1. The van der Waals surface area contributed by atoms with Crippen LogP contribution in [0, 0.1) is 0 Å². The number of benzene rings is 3. The average Bonchev–Trinajstić information content (AvgIpc) is 3.17. The number of hydrogen-bond acceptors (Lipinski definition) is 7. The number of methoxy groups -OCH3 is 4. The molecule has 1 unspecified atom stereocenters. The van der Waals surface area contributed by atoms with E-state index >= 15 is 0 Å². The molecule has 8 nitrogen and oxygen atoms in total. The molecule has 186 valence electrons. The van der Waals surface area contributed by atoms with Gasteiger partial charge in [0.15, 0.2) is 11.5 Å². The first kappa shape index (κ1) is 24.7. The van der Waals surface area contributed by atoms with Gasteiger partial charge in [-0.3, -0.25) is 9.59 Å². The van der Waals surface area contributed by atoms with E-state index < -0.39 is 17.7 Å². The molecule has 3 aromatic rings. The summed E-state index contributed by atoms with van der Waals surface area (Å²) >= 11 is 0. The van der Waals surface area contributed by atoms with Crippen molar-refractivity contribution in [3.8, 4) is 23.0 Å². The summed E-state index contributed by atoms with van der Waals surface area (Å²) in [5, 5.41) is 11.3. The van der Waals surface area contributed by atoms with Crippen molar-refractivity contribution in [1.82, 2.24) is 4.90 Å². The molecule has 3 aromatic carbocycles. The molecule has 1 saturated heterocycles. The Kier molecular flexibility index (Phi) is 7.15. The van der Waals surface area contributed by atoms with Gasteiger partial charge in [-0.15, -0.1) is 0 Å². The maximum Gasteiger partial charge on any atom is 0.295 e. The first-order chi connectivity index (χ1) is 17.4. The average molecular weight is 490 g/mol. The van der Waals surface area contributed by atoms with Crippen molar-refractivity contribution in [2.24, 2.45) is 0 Å². The van der Waals surface area contributed by atoms with Gasteiger partial charge in [0.2, 0.25) is 0 Å². The molecular weight excluding hydrogens is 462 g/mol. The molecule has 0 spiro atoms. The second kappa shape index (κ2) is 10.4. The van der Waals surface area contributed by atoms with Crippen LogP contribution in [0.1, 0.15) is 22.7 Å². The fourth-order valence-corrected chi connectivity index (χ4v) is 4.28. The van der Waals surface area contributed by atoms with Crippen molar-refractivity contribution in [3.05, 3.63) is 89.0 Å². The van der Waals surface area contributed by atoms with Crippen LogP contribution in [0.5, 0.6) is 23.0 Å². The van der Waals surface area contributed by atoms with Gasteiger partial charge in [-0.05, 0) is 47.5 Å². The van der Waals surface area contributed by atoms with E-state index in [1.165, 1.54) is 19.1 Å². The van der Waals surface area contributed by atoms with Crippen LogP contribution in [0.2, 0.25) is 0 Å². The highest BCUT2D eigenvalue weighted by molar-refractivity contribution is 6.46. The molecule has 1 aliphatic heterocycles. The molecule has 8 heteroatoms. The van der Waals surface area contributed by atoms with Gasteiger partial charge in [-0.1, -0.05) is 30.3 Å². The van der Waals surface area contributed by atoms with Crippen LogP contribution in [0.4, 0.5) is 0 Å². The number of aliphatic hydroxyl groups is 1. The first-order valence-corrected chi connectivity index (χ1v) is 11.2. The number of rotatable bonds is 8. The fraction of sp³-hybridized carbons (Fsp3) is 0.214. The molecule has 0 bridgehead atoms. The lowest BCUT2D eigenvalue weighted by molar-refractivity contribution is -0.140. The number of nitrogens with zero attached hydrogens (tertiary/aromatic N) is 1. The predicted molar refractivity (Wildman–Crippen MR) is 133 cm³/mol. The summed E-state index contributed by atoms with van der Waals surface area (Å²) in [7, 11) is 6.14. The van der Waals surface area contributed by atoms with Gasteiger partial charge >= 0.3 is 0 Å². The van der Waals surface area contributed by atoms with Gasteiger partial charge in [0, 0.05) is 12.1 Å². The number of carbonyl (C=O) groups excluding carboxylic acids is 2. The Labute approximate surface area is 209 Å². The molecule has 1 fully saturated rings. The highest BCUT2D eigenvalue weighted by atomic mass is 16.5. The molecule has 1 heterocycles. The van der Waals surface area contributed by atoms with Crippen LogP contribution in [-0.2, 0) is 16.1 Å². The summed E-state index contributed by atoms with van der Waals surface area (Å²) in [6.07, 6.45) is 0. The molecular formula is C28H27NO7. The van der Waals surface area contributed by atoms with Crippen molar-refractivity contribution in [2.75, 3.05) is 28.4 Å². The third kappa shape index (κ3) is 4.57. The highest BCUT2D eigenvalue weighted by Crippen LogP contribution is 2.41. The monoisotopic (exact) mass is 489 g/mol. The van der Waals surface area contributed by atoms with Gasteiger partial charge in [-0.2, -0.15) is 0 Å². The molecule has 0 saturated carbocycles. The van der Waals surface area contributed by atoms with E-state index in [9.17, 15) is 14.7 Å². The molecule has 0 aromatic heterocycles. The lowest BCUT2D eigenvalue weighted by Crippen LogP contribution is -2.29. The van der Waals surface area contributed by atoms with Crippen LogP contribution < -0.4 is 18.9 Å². The molecule has 1 aliphatic rings. The van der Waals surface area contributed by atoms with Gasteiger partial charge < -0.3 is 29.0 Å². The van der Waals surface area contributed by atoms with E-state index in [-0.39, 0.29) is 17.9 Å². The zero-order chi connectivity index (χ0) is 25.8. The Balaban J connectivity index is 1.84. The number of aliphatic hydroxyl groups excluding tert-OH is 1. The first-order valence-electron chi connectivity index (χ1n) is 11.2. The predicted octanol–water partition coefficient (Wildman–Crippen LogP) is 4.34. The normalized spacial score (nSPS) is 16.7. The van der Waals surface area contributed by atoms with Crippen molar-refractivity contribution < 1.29 is 33.6 Å². The van der Waals surface area contributed by atoms with E-state index in [4.69, 9.17) is 18.9 Å². The Morgan fingerprint density at radius 3 is 2.14 bits per heavy atom. The summed E-state index contributed by atoms with van der Waals surface area (Å²) in [5.41, 5.74) is 1.75. The summed E-state index contributed by atoms with van der Waals surface area (Å²) < 4.78 is 21.2. The SMILES string of the molecule is COc1ccc(C2/C(=C(\O)c3cccc(OC)c3)C(=O)C(=O)N2Cc2ccc(OC)c(OC)c2)cc1. The second-order valence-electron chi connectivity index (χ2n) is 8.12. The van der Waals surface area contributed by atoms with E-state index in [1.54, 1.807) is 80.9 Å². The lowest BCUT2D eigenvalue weighted by Gasteiger charge is -2.26. The number of ether oxygens (including phenoxy) is 4. The molecule has 1 atom stereocenters. The van der Waals surface area contributed by atoms with E-state index in [0.29, 0.717) is 34.1 Å². The van der Waals surface area contributed by atoms with Crippen molar-refractivity contribution in [3.63, 3.8) is 0 Å². The van der Waals surface area contributed by atoms with E-state index in [0.717, 1.165) is 5.56 Å². The van der Waals surface area contributed by atoms with Gasteiger partial charge in [0.25, 0.3) is 11.7 Å². The van der Waals surface area contributed by atoms with Crippen LogP contribution in [0.3, 0.4) is 0 Å². The Morgan fingerprint density at radius 1 is 0.806 bits per heavy atom. The largest absolute Gasteiger partial charge is 0.507 e. The van der Waals surface area contributed by atoms with Gasteiger partial charge in [-0.25, -0.2) is 0 Å². The smallest absolute Gasteiger partial charge is 0.295 e. The zero-order valence-corrected chi connectivity index (χ0v) is 20.5. The molecule has 0 aliphatic carbocycles. The number of likely N-dealkylation sites (tertiary alicyclic amines) is 1. The lowest BCUT2D eigenvalue weighted by atomic mass is 9.95. The van der Waals surface area contributed by atoms with Crippen molar-refractivity contribution in [1.29, 1.82) is 0 Å². The van der Waals surface area contributed by atoms with E-state index in [2.05, 4.69) is 0 Å². The summed E-state index contributed by atoms with van der Waals surface area (Å²) in [6, 6.07) is 18.2. The molecule has 36 heavy (non-hydrogen) atoms. The number of ketones is 1. The Bertz CT molecular complexity index is 1310. The van der Waals surface area contributed by atoms with Crippen molar-refractivity contribution in [2.45, 2.75) is 12.6 Å². The number of Topliss-reactive ketones (excluding diaryl/α,β-unsaturated/α-hetero) is 1. The minimum atomic E-state index is -0.824. The minimum absolute atomic E-state index is 0.00102. The zero-order valence-electron chi connectivity index (χ0n) is 20.5. The van der Waals surface area contributed by atoms with Crippen LogP contribution in [0.25, 0.3) is 5.76 Å². The van der Waals surface area contributed by atoms with Crippen LogP contribution in [-0.4, -0.2) is 50.1 Å². The summed E-state index contributed by atoms with van der Waals surface area (Å²) in [6.45, 7) is 0.108. The standard InChI is InChI=1S/C28H27NO7/c1-33-20-11-9-18(10-12-20)25-24(26(30)19-6-5-7-21(15-19)34-2)27(31)28(32)29(25)16-17-8-13-22(35-3)23(14-17)36-4/h5-15,25,30H,16H2,1-4H3/b26-24+. The van der Waals surface area contributed by atoms with Gasteiger partial charge in [0.05, 0.1) is 40.1 Å². The van der Waals surface area contributed by atoms with Crippen molar-refractivity contribution >= 4 is 17.4 Å². The maximum absolute atomic E-state index is 13.3. The summed E-state index contributed by atoms with van der Waals surface area (Å²) in [5.74, 6) is 0.439. The number of carbonyl (C=O) groups is 2. The Hall–Kier alpha value is -4.46. The molecule has 0 radical (unpaired) electrons. The van der Waals surface area contributed by atoms with Gasteiger partial charge in [0.1, 0.15) is 17.3 Å². The van der Waals surface area contributed by atoms with Crippen LogP contribution in [0.15, 0.2) is 72.3 Å². The third-order valence-corrected chi connectivity index (χ3v) is 6.12. The van der Waals surface area contributed by atoms with E-state index in [1.807, 2.05) is 0 Å². The second-order valence-corrected chi connectivity index (χ2v) is 8.12. The quantitative estimate of drug-likeness (QED) is 0.286.